The zero-order valence-electron chi connectivity index (χ0n) is 14.0. The summed E-state index contributed by atoms with van der Waals surface area (Å²) >= 11 is 0. The van der Waals surface area contributed by atoms with Crippen LogP contribution >= 0.6 is 0 Å². The number of allylic oxidation sites excluding steroid dienone is 1. The monoisotopic (exact) mass is 295 g/mol. The Bertz CT molecular complexity index is 612. The molecule has 1 aromatic carbocycles. The molecule has 0 unspecified atom stereocenters. The molecule has 2 rings (SSSR count). The molecule has 0 N–H and O–H groups in total. The van der Waals surface area contributed by atoms with Crippen LogP contribution in [-0.2, 0) is 6.42 Å². The lowest BCUT2D eigenvalue weighted by Crippen LogP contribution is -2.09. The maximum absolute atomic E-state index is 11.8. The molecule has 22 heavy (non-hydrogen) atoms. The summed E-state index contributed by atoms with van der Waals surface area (Å²) in [5.74, 6) is 0.0793. The van der Waals surface area contributed by atoms with Crippen molar-refractivity contribution in [3.63, 3.8) is 0 Å². The highest BCUT2D eigenvalue weighted by molar-refractivity contribution is 5.95. The van der Waals surface area contributed by atoms with Gasteiger partial charge in [0.15, 0.2) is 5.78 Å². The van der Waals surface area contributed by atoms with Crippen LogP contribution in [0, 0.1) is 5.92 Å². The van der Waals surface area contributed by atoms with Gasteiger partial charge in [-0.25, -0.2) is 0 Å². The van der Waals surface area contributed by atoms with Gasteiger partial charge in [-0.2, -0.15) is 0 Å². The van der Waals surface area contributed by atoms with E-state index in [9.17, 15) is 4.79 Å². The molecule has 2 aromatic rings. The van der Waals surface area contributed by atoms with E-state index in [1.165, 1.54) is 5.56 Å². The van der Waals surface area contributed by atoms with Crippen molar-refractivity contribution in [2.45, 2.75) is 34.1 Å². The van der Waals surface area contributed by atoms with E-state index < -0.39 is 0 Å². The van der Waals surface area contributed by atoms with Crippen LogP contribution in [0.2, 0.25) is 0 Å². The second kappa shape index (κ2) is 8.93. The van der Waals surface area contributed by atoms with Crippen LogP contribution in [-0.4, -0.2) is 10.8 Å². The highest BCUT2D eigenvalue weighted by atomic mass is 16.1. The maximum atomic E-state index is 11.8. The summed E-state index contributed by atoms with van der Waals surface area (Å²) in [6, 6.07) is 12.2. The van der Waals surface area contributed by atoms with Crippen molar-refractivity contribution in [2.24, 2.45) is 5.92 Å². The number of pyridine rings is 1. The smallest absolute Gasteiger partial charge is 0.183 e. The quantitative estimate of drug-likeness (QED) is 0.562. The number of carbonyl (C=O) groups is 1. The van der Waals surface area contributed by atoms with Gasteiger partial charge in [-0.3, -0.25) is 9.78 Å². The van der Waals surface area contributed by atoms with E-state index in [1.807, 2.05) is 32.9 Å². The largest absolute Gasteiger partial charge is 0.292 e. The number of rotatable bonds is 4. The molecule has 0 aliphatic rings. The molecular weight excluding hydrogens is 270 g/mol. The minimum Gasteiger partial charge on any atom is -0.292 e. The lowest BCUT2D eigenvalue weighted by molar-refractivity contribution is 0.0934. The maximum Gasteiger partial charge on any atom is 0.183 e. The summed E-state index contributed by atoms with van der Waals surface area (Å²) in [7, 11) is 0. The molecule has 1 heterocycles. The summed E-state index contributed by atoms with van der Waals surface area (Å²) in [6.07, 6.45) is 4.55. The van der Waals surface area contributed by atoms with Gasteiger partial charge >= 0.3 is 0 Å². The van der Waals surface area contributed by atoms with Crippen molar-refractivity contribution >= 4 is 5.78 Å². The van der Waals surface area contributed by atoms with Crippen LogP contribution in [0.15, 0.2) is 55.3 Å². The Labute approximate surface area is 133 Å². The summed E-state index contributed by atoms with van der Waals surface area (Å²) in [5, 5.41) is 0. The number of Topliss-reactive ketones (excluding diaryl/α,β-unsaturated/α-hetero) is 1. The highest BCUT2D eigenvalue weighted by Crippen LogP contribution is 2.20. The molecule has 0 aliphatic heterocycles. The van der Waals surface area contributed by atoms with Gasteiger partial charge in [-0.05, 0) is 30.5 Å². The van der Waals surface area contributed by atoms with Crippen molar-refractivity contribution < 1.29 is 4.79 Å². The molecule has 0 saturated heterocycles. The minimum atomic E-state index is -0.0123. The molecule has 0 amide bonds. The molecule has 0 atom stereocenters. The molecular formula is C20H25NO. The number of benzene rings is 1. The Hall–Kier alpha value is -2.22. The fourth-order valence-corrected chi connectivity index (χ4v) is 1.98. The first-order chi connectivity index (χ1) is 10.5. The van der Waals surface area contributed by atoms with Gasteiger partial charge in [-0.15, -0.1) is 6.58 Å². The van der Waals surface area contributed by atoms with E-state index in [-0.39, 0.29) is 11.7 Å². The third-order valence-electron chi connectivity index (χ3n) is 3.21. The number of aromatic nitrogens is 1. The molecule has 0 saturated carbocycles. The number of hydrogen-bond donors (Lipinski definition) is 0. The minimum absolute atomic E-state index is 0.0123. The highest BCUT2D eigenvalue weighted by Gasteiger charge is 2.11. The summed E-state index contributed by atoms with van der Waals surface area (Å²) in [5.41, 5.74) is 4.05. The van der Waals surface area contributed by atoms with Gasteiger partial charge in [0.2, 0.25) is 0 Å². The van der Waals surface area contributed by atoms with Gasteiger partial charge in [0, 0.05) is 17.7 Å². The predicted molar refractivity (Wildman–Crippen MR) is 94.1 cm³/mol. The molecule has 0 fully saturated rings. The Morgan fingerprint density at radius 2 is 1.91 bits per heavy atom. The first-order valence-electron chi connectivity index (χ1n) is 7.70. The van der Waals surface area contributed by atoms with Gasteiger partial charge < -0.3 is 0 Å². The van der Waals surface area contributed by atoms with Crippen molar-refractivity contribution in [2.75, 3.05) is 0 Å². The predicted octanol–water partition coefficient (Wildman–Crippen LogP) is 5.34. The number of aryl methyl sites for hydroxylation is 1. The van der Waals surface area contributed by atoms with Crippen molar-refractivity contribution in [3.05, 3.63) is 66.5 Å². The number of hydrogen-bond acceptors (Lipinski definition) is 2. The first-order valence-corrected chi connectivity index (χ1v) is 7.70. The number of ketones is 1. The average molecular weight is 295 g/mol. The third-order valence-corrected chi connectivity index (χ3v) is 3.21. The van der Waals surface area contributed by atoms with Gasteiger partial charge in [0.25, 0.3) is 0 Å². The van der Waals surface area contributed by atoms with Gasteiger partial charge in [0.1, 0.15) is 5.69 Å². The second-order valence-electron chi connectivity index (χ2n) is 5.41. The normalized spacial score (nSPS) is 9.86. The third kappa shape index (κ3) is 4.96. The Morgan fingerprint density at radius 3 is 2.41 bits per heavy atom. The van der Waals surface area contributed by atoms with E-state index in [4.69, 9.17) is 0 Å². The van der Waals surface area contributed by atoms with E-state index in [1.54, 1.807) is 12.3 Å². The van der Waals surface area contributed by atoms with Crippen LogP contribution in [0.3, 0.4) is 0 Å². The number of nitrogens with zero attached hydrogens (tertiary/aromatic N) is 1. The SMILES string of the molecule is C=CC.CCc1cccc(-c2ccc(C(=O)C(C)C)nc2)c1. The van der Waals surface area contributed by atoms with Crippen molar-refractivity contribution in [3.8, 4) is 11.1 Å². The van der Waals surface area contributed by atoms with Crippen LogP contribution in [0.1, 0.15) is 43.7 Å². The van der Waals surface area contributed by atoms with Crippen LogP contribution in [0.4, 0.5) is 0 Å². The molecule has 2 heteroatoms. The van der Waals surface area contributed by atoms with E-state index >= 15 is 0 Å². The Kier molecular flexibility index (Phi) is 7.24. The molecule has 0 bridgehead atoms. The summed E-state index contributed by atoms with van der Waals surface area (Å²) in [6.45, 7) is 11.2. The summed E-state index contributed by atoms with van der Waals surface area (Å²) < 4.78 is 0. The van der Waals surface area contributed by atoms with Crippen molar-refractivity contribution in [1.29, 1.82) is 0 Å². The van der Waals surface area contributed by atoms with Crippen LogP contribution < -0.4 is 0 Å². The molecule has 0 radical (unpaired) electrons. The Balaban J connectivity index is 0.000000745. The standard InChI is InChI=1S/C17H19NO.C3H6/c1-4-13-6-5-7-14(10-13)15-8-9-16(18-11-15)17(19)12(2)3;1-3-2/h5-12H,4H2,1-3H3;3H,1H2,2H3. The lowest BCUT2D eigenvalue weighted by atomic mass is 10.0. The number of carbonyl (C=O) groups excluding carboxylic acids is 1. The fraction of sp³-hybridized carbons (Fsp3) is 0.300. The lowest BCUT2D eigenvalue weighted by Gasteiger charge is -2.06. The van der Waals surface area contributed by atoms with Gasteiger partial charge in [-0.1, -0.05) is 57.2 Å². The first kappa shape index (κ1) is 17.8. The fourth-order valence-electron chi connectivity index (χ4n) is 1.98. The van der Waals surface area contributed by atoms with E-state index in [2.05, 4.69) is 42.8 Å². The van der Waals surface area contributed by atoms with Gasteiger partial charge in [0.05, 0.1) is 0 Å². The van der Waals surface area contributed by atoms with Crippen LogP contribution in [0.25, 0.3) is 11.1 Å². The molecule has 2 nitrogen and oxygen atoms in total. The average Bonchev–Trinajstić information content (AvgIpc) is 2.55. The summed E-state index contributed by atoms with van der Waals surface area (Å²) in [4.78, 5) is 16.1. The topological polar surface area (TPSA) is 30.0 Å². The van der Waals surface area contributed by atoms with E-state index in [0.29, 0.717) is 5.69 Å². The zero-order chi connectivity index (χ0) is 16.5. The molecule has 116 valence electrons. The zero-order valence-corrected chi connectivity index (χ0v) is 14.0. The van der Waals surface area contributed by atoms with Crippen LogP contribution in [0.5, 0.6) is 0 Å². The Morgan fingerprint density at radius 1 is 1.23 bits per heavy atom. The van der Waals surface area contributed by atoms with Crippen molar-refractivity contribution in [1.82, 2.24) is 4.98 Å². The molecule has 0 aliphatic carbocycles. The van der Waals surface area contributed by atoms with E-state index in [0.717, 1.165) is 17.5 Å². The molecule has 1 aromatic heterocycles. The molecule has 0 spiro atoms. The second-order valence-corrected chi connectivity index (χ2v) is 5.41.